The maximum absolute atomic E-state index is 13.1. The largest absolute Gasteiger partial charge is 0.445 e. The number of cyclic esters (lactones) is 1. The lowest BCUT2D eigenvalue weighted by Gasteiger charge is -2.16. The molecule has 1 heterocycles. The Balaban J connectivity index is 1.72. The van der Waals surface area contributed by atoms with Gasteiger partial charge < -0.3 is 14.4 Å². The number of esters is 1. The molecule has 27 heavy (non-hydrogen) atoms. The van der Waals surface area contributed by atoms with Crippen LogP contribution in [0.5, 0.6) is 0 Å². The van der Waals surface area contributed by atoms with E-state index in [1.54, 1.807) is 33.0 Å². The van der Waals surface area contributed by atoms with Gasteiger partial charge in [0.15, 0.2) is 0 Å². The van der Waals surface area contributed by atoms with Crippen LogP contribution in [0.2, 0.25) is 0 Å². The molecule has 3 rings (SSSR count). The summed E-state index contributed by atoms with van der Waals surface area (Å²) in [5.74, 6) is -2.47. The number of halogens is 1. The number of benzene rings is 2. The summed E-state index contributed by atoms with van der Waals surface area (Å²) in [5, 5.41) is 0. The number of carbonyl (C=O) groups is 2. The third kappa shape index (κ3) is 4.53. The summed E-state index contributed by atoms with van der Waals surface area (Å²) in [7, 11) is 1.63. The summed E-state index contributed by atoms with van der Waals surface area (Å²) in [6.45, 7) is 3.54. The molecule has 140 valence electrons. The fraction of sp³-hybridized carbons (Fsp3) is 0.238. The standard InChI is InChI=1S/C21H20FNO4/c1-21(2)26-18(20(25)27-21)12-19(24)23(3)13-14-5-4-6-16(11-14)15-7-9-17(22)10-8-15/h4-12H,13H2,1-3H3/b18-12-. The molecule has 5 nitrogen and oxygen atoms in total. The molecule has 1 aliphatic heterocycles. The van der Waals surface area contributed by atoms with Crippen molar-refractivity contribution in [3.05, 3.63) is 71.7 Å². The number of rotatable bonds is 4. The van der Waals surface area contributed by atoms with Crippen molar-refractivity contribution in [3.63, 3.8) is 0 Å². The number of ether oxygens (including phenoxy) is 2. The minimum atomic E-state index is -1.06. The Morgan fingerprint density at radius 1 is 1.11 bits per heavy atom. The number of nitrogens with zero attached hydrogens (tertiary/aromatic N) is 1. The Bertz CT molecular complexity index is 903. The Morgan fingerprint density at radius 3 is 2.44 bits per heavy atom. The lowest BCUT2D eigenvalue weighted by Crippen LogP contribution is -2.25. The first-order valence-corrected chi connectivity index (χ1v) is 8.47. The first kappa shape index (κ1) is 18.6. The van der Waals surface area contributed by atoms with Crippen LogP contribution in [0.25, 0.3) is 11.1 Å². The molecule has 1 fully saturated rings. The highest BCUT2D eigenvalue weighted by Crippen LogP contribution is 2.26. The Labute approximate surface area is 157 Å². The van der Waals surface area contributed by atoms with Crippen LogP contribution in [0.1, 0.15) is 19.4 Å². The van der Waals surface area contributed by atoms with Gasteiger partial charge in [-0.15, -0.1) is 0 Å². The van der Waals surface area contributed by atoms with Crippen molar-refractivity contribution in [2.24, 2.45) is 0 Å². The van der Waals surface area contributed by atoms with Crippen LogP contribution in [0.4, 0.5) is 4.39 Å². The van der Waals surface area contributed by atoms with Crippen LogP contribution < -0.4 is 0 Å². The van der Waals surface area contributed by atoms with Crippen molar-refractivity contribution in [3.8, 4) is 11.1 Å². The highest BCUT2D eigenvalue weighted by atomic mass is 19.1. The van der Waals surface area contributed by atoms with E-state index in [0.29, 0.717) is 6.54 Å². The number of likely N-dealkylation sites (N-methyl/N-ethyl adjacent to an activating group) is 1. The molecular weight excluding hydrogens is 349 g/mol. The zero-order valence-electron chi connectivity index (χ0n) is 15.4. The summed E-state index contributed by atoms with van der Waals surface area (Å²) in [4.78, 5) is 25.6. The molecule has 1 amide bonds. The minimum absolute atomic E-state index is 0.100. The molecule has 1 aliphatic rings. The second-order valence-corrected chi connectivity index (χ2v) is 6.80. The van der Waals surface area contributed by atoms with Crippen LogP contribution >= 0.6 is 0 Å². The van der Waals surface area contributed by atoms with E-state index in [-0.39, 0.29) is 17.5 Å². The summed E-state index contributed by atoms with van der Waals surface area (Å²) < 4.78 is 23.4. The lowest BCUT2D eigenvalue weighted by molar-refractivity contribution is -0.159. The van der Waals surface area contributed by atoms with Gasteiger partial charge in [-0.05, 0) is 34.9 Å². The average molecular weight is 369 g/mol. The van der Waals surface area contributed by atoms with Crippen LogP contribution in [0.15, 0.2) is 60.4 Å². The molecule has 0 N–H and O–H groups in total. The highest BCUT2D eigenvalue weighted by molar-refractivity contribution is 5.97. The van der Waals surface area contributed by atoms with Crippen molar-refractivity contribution in [2.75, 3.05) is 7.05 Å². The third-order valence-corrected chi connectivity index (χ3v) is 4.05. The van der Waals surface area contributed by atoms with Gasteiger partial charge >= 0.3 is 5.97 Å². The number of carbonyl (C=O) groups excluding carboxylic acids is 2. The zero-order valence-corrected chi connectivity index (χ0v) is 15.4. The van der Waals surface area contributed by atoms with E-state index in [9.17, 15) is 14.0 Å². The molecule has 0 radical (unpaired) electrons. The number of hydrogen-bond donors (Lipinski definition) is 0. The smallest absolute Gasteiger partial charge is 0.377 e. The van der Waals surface area contributed by atoms with Crippen LogP contribution in [0, 0.1) is 5.82 Å². The fourth-order valence-electron chi connectivity index (χ4n) is 2.75. The fourth-order valence-corrected chi connectivity index (χ4v) is 2.75. The topological polar surface area (TPSA) is 55.8 Å². The van der Waals surface area contributed by atoms with Crippen molar-refractivity contribution in [2.45, 2.75) is 26.2 Å². The molecule has 2 aromatic carbocycles. The van der Waals surface area contributed by atoms with Gasteiger partial charge in [0.25, 0.3) is 5.91 Å². The third-order valence-electron chi connectivity index (χ3n) is 4.05. The van der Waals surface area contributed by atoms with Gasteiger partial charge in [-0.2, -0.15) is 0 Å². The molecule has 0 spiro atoms. The van der Waals surface area contributed by atoms with E-state index < -0.39 is 11.8 Å². The molecule has 0 saturated carbocycles. The molecule has 0 aliphatic carbocycles. The second-order valence-electron chi connectivity index (χ2n) is 6.80. The van der Waals surface area contributed by atoms with E-state index in [1.165, 1.54) is 17.0 Å². The minimum Gasteiger partial charge on any atom is -0.445 e. The van der Waals surface area contributed by atoms with E-state index in [2.05, 4.69) is 0 Å². The molecular formula is C21H20FNO4. The van der Waals surface area contributed by atoms with E-state index in [4.69, 9.17) is 9.47 Å². The maximum atomic E-state index is 13.1. The Kier molecular flexibility index (Phi) is 4.99. The zero-order chi connectivity index (χ0) is 19.6. The second kappa shape index (κ2) is 7.23. The van der Waals surface area contributed by atoms with Crippen LogP contribution in [0.3, 0.4) is 0 Å². The van der Waals surface area contributed by atoms with E-state index in [1.807, 2.05) is 24.3 Å². The summed E-state index contributed by atoms with van der Waals surface area (Å²) in [6, 6.07) is 13.9. The highest BCUT2D eigenvalue weighted by Gasteiger charge is 2.37. The number of amides is 1. The molecule has 6 heteroatoms. The van der Waals surface area contributed by atoms with Crippen LogP contribution in [-0.2, 0) is 25.6 Å². The van der Waals surface area contributed by atoms with Gasteiger partial charge in [-0.3, -0.25) is 4.79 Å². The van der Waals surface area contributed by atoms with Crippen molar-refractivity contribution < 1.29 is 23.5 Å². The Morgan fingerprint density at radius 2 is 1.81 bits per heavy atom. The van der Waals surface area contributed by atoms with Gasteiger partial charge in [0.2, 0.25) is 11.5 Å². The lowest BCUT2D eigenvalue weighted by atomic mass is 10.0. The van der Waals surface area contributed by atoms with Crippen molar-refractivity contribution >= 4 is 11.9 Å². The first-order valence-electron chi connectivity index (χ1n) is 8.47. The van der Waals surface area contributed by atoms with Gasteiger partial charge in [0.05, 0.1) is 6.08 Å². The molecule has 0 atom stereocenters. The molecule has 2 aromatic rings. The normalized spacial score (nSPS) is 16.7. The Hall–Kier alpha value is -3.15. The van der Waals surface area contributed by atoms with Gasteiger partial charge in [0.1, 0.15) is 5.82 Å². The van der Waals surface area contributed by atoms with Gasteiger partial charge in [0, 0.05) is 27.4 Å². The van der Waals surface area contributed by atoms with E-state index >= 15 is 0 Å². The first-order chi connectivity index (χ1) is 12.7. The van der Waals surface area contributed by atoms with Gasteiger partial charge in [-0.1, -0.05) is 30.3 Å². The predicted octanol–water partition coefficient (Wildman–Crippen LogP) is 3.64. The maximum Gasteiger partial charge on any atom is 0.377 e. The molecule has 0 bridgehead atoms. The number of hydrogen-bond acceptors (Lipinski definition) is 4. The summed E-state index contributed by atoms with van der Waals surface area (Å²) >= 11 is 0. The molecule has 0 unspecified atom stereocenters. The monoisotopic (exact) mass is 369 g/mol. The predicted molar refractivity (Wildman–Crippen MR) is 97.6 cm³/mol. The molecule has 0 aromatic heterocycles. The quantitative estimate of drug-likeness (QED) is 0.610. The summed E-state index contributed by atoms with van der Waals surface area (Å²) in [5.41, 5.74) is 2.72. The summed E-state index contributed by atoms with van der Waals surface area (Å²) in [6.07, 6.45) is 1.14. The SMILES string of the molecule is CN(Cc1cccc(-c2ccc(F)cc2)c1)C(=O)/C=C1\OC(C)(C)OC1=O. The van der Waals surface area contributed by atoms with Gasteiger partial charge in [-0.25, -0.2) is 9.18 Å². The van der Waals surface area contributed by atoms with E-state index in [0.717, 1.165) is 22.8 Å². The van der Waals surface area contributed by atoms with Crippen molar-refractivity contribution in [1.29, 1.82) is 0 Å². The van der Waals surface area contributed by atoms with Crippen molar-refractivity contribution in [1.82, 2.24) is 4.90 Å². The van der Waals surface area contributed by atoms with Crippen LogP contribution in [-0.4, -0.2) is 29.6 Å². The average Bonchev–Trinajstić information content (AvgIpc) is 2.87. The molecule has 1 saturated heterocycles.